The molecule has 18 heavy (non-hydrogen) atoms. The number of carbonyl (C=O) groups excluding carboxylic acids is 1. The predicted octanol–water partition coefficient (Wildman–Crippen LogP) is 2.25. The molecule has 5 heteroatoms. The molecule has 1 rings (SSSR count). The highest BCUT2D eigenvalue weighted by atomic mass is 16.4. The summed E-state index contributed by atoms with van der Waals surface area (Å²) >= 11 is 0. The van der Waals surface area contributed by atoms with E-state index in [1.54, 1.807) is 13.8 Å². The van der Waals surface area contributed by atoms with E-state index >= 15 is 0 Å². The van der Waals surface area contributed by atoms with Crippen molar-refractivity contribution < 1.29 is 14.7 Å². The Kier molecular flexibility index (Phi) is 4.53. The SMILES string of the molecule is CCC(CC)NC(=O)c1c(C)[nH]c(C(=O)O)c1C. The standard InChI is InChI=1S/C13H20N2O3/c1-5-9(6-2)15-12(16)10-7(3)11(13(17)18)14-8(10)4/h9,14H,5-6H2,1-4H3,(H,15,16)(H,17,18). The molecule has 0 saturated carbocycles. The molecule has 0 radical (unpaired) electrons. The van der Waals surface area contributed by atoms with Crippen LogP contribution in [0.5, 0.6) is 0 Å². The molecule has 5 nitrogen and oxygen atoms in total. The number of carbonyl (C=O) groups is 2. The number of aryl methyl sites for hydroxylation is 1. The number of H-pyrrole nitrogens is 1. The van der Waals surface area contributed by atoms with Gasteiger partial charge in [-0.05, 0) is 32.3 Å². The molecule has 0 unspecified atom stereocenters. The fourth-order valence-corrected chi connectivity index (χ4v) is 2.05. The number of aromatic carboxylic acids is 1. The molecule has 0 fully saturated rings. The van der Waals surface area contributed by atoms with Crippen LogP contribution in [-0.2, 0) is 0 Å². The van der Waals surface area contributed by atoms with Gasteiger partial charge in [-0.1, -0.05) is 13.8 Å². The first kappa shape index (κ1) is 14.3. The smallest absolute Gasteiger partial charge is 0.352 e. The van der Waals surface area contributed by atoms with Crippen LogP contribution in [0.3, 0.4) is 0 Å². The van der Waals surface area contributed by atoms with Crippen molar-refractivity contribution in [1.82, 2.24) is 10.3 Å². The molecule has 0 aliphatic heterocycles. The first-order valence-corrected chi connectivity index (χ1v) is 6.15. The number of amides is 1. The van der Waals surface area contributed by atoms with Crippen molar-refractivity contribution in [2.24, 2.45) is 0 Å². The number of hydrogen-bond donors (Lipinski definition) is 3. The third kappa shape index (κ3) is 2.72. The van der Waals surface area contributed by atoms with E-state index in [-0.39, 0.29) is 17.6 Å². The van der Waals surface area contributed by atoms with Crippen molar-refractivity contribution in [3.8, 4) is 0 Å². The van der Waals surface area contributed by atoms with Gasteiger partial charge in [-0.2, -0.15) is 0 Å². The molecule has 0 aliphatic rings. The van der Waals surface area contributed by atoms with Crippen LogP contribution in [0, 0.1) is 13.8 Å². The van der Waals surface area contributed by atoms with Gasteiger partial charge in [0, 0.05) is 11.7 Å². The molecule has 1 aromatic rings. The molecular weight excluding hydrogens is 232 g/mol. The summed E-state index contributed by atoms with van der Waals surface area (Å²) in [6, 6.07) is 0.125. The minimum Gasteiger partial charge on any atom is -0.477 e. The minimum atomic E-state index is -1.04. The van der Waals surface area contributed by atoms with Crippen molar-refractivity contribution in [1.29, 1.82) is 0 Å². The van der Waals surface area contributed by atoms with E-state index in [0.717, 1.165) is 12.8 Å². The summed E-state index contributed by atoms with van der Waals surface area (Å²) < 4.78 is 0. The second-order valence-electron chi connectivity index (χ2n) is 4.42. The largest absolute Gasteiger partial charge is 0.477 e. The van der Waals surface area contributed by atoms with Crippen molar-refractivity contribution in [3.63, 3.8) is 0 Å². The quantitative estimate of drug-likeness (QED) is 0.751. The molecular formula is C13H20N2O3. The van der Waals surface area contributed by atoms with Crippen LogP contribution in [0.4, 0.5) is 0 Å². The fourth-order valence-electron chi connectivity index (χ4n) is 2.05. The van der Waals surface area contributed by atoms with E-state index in [4.69, 9.17) is 5.11 Å². The lowest BCUT2D eigenvalue weighted by Gasteiger charge is -2.15. The van der Waals surface area contributed by atoms with Gasteiger partial charge in [0.05, 0.1) is 5.56 Å². The number of hydrogen-bond acceptors (Lipinski definition) is 2. The zero-order chi connectivity index (χ0) is 13.9. The number of carboxylic acid groups (broad SMARTS) is 1. The fraction of sp³-hybridized carbons (Fsp3) is 0.538. The molecule has 0 aliphatic carbocycles. The maximum Gasteiger partial charge on any atom is 0.352 e. The topological polar surface area (TPSA) is 82.2 Å². The van der Waals surface area contributed by atoms with Crippen LogP contribution in [0.15, 0.2) is 0 Å². The molecule has 0 spiro atoms. The van der Waals surface area contributed by atoms with Gasteiger partial charge in [0.15, 0.2) is 0 Å². The van der Waals surface area contributed by atoms with E-state index in [9.17, 15) is 9.59 Å². The van der Waals surface area contributed by atoms with Gasteiger partial charge >= 0.3 is 5.97 Å². The monoisotopic (exact) mass is 252 g/mol. The molecule has 0 aromatic carbocycles. The number of nitrogens with one attached hydrogen (secondary N) is 2. The van der Waals surface area contributed by atoms with Crippen molar-refractivity contribution in [3.05, 3.63) is 22.5 Å². The lowest BCUT2D eigenvalue weighted by molar-refractivity contribution is 0.0690. The van der Waals surface area contributed by atoms with Crippen LogP contribution >= 0.6 is 0 Å². The highest BCUT2D eigenvalue weighted by Crippen LogP contribution is 2.18. The van der Waals surface area contributed by atoms with Crippen LogP contribution in [0.1, 0.15) is 58.8 Å². The van der Waals surface area contributed by atoms with Crippen molar-refractivity contribution in [2.75, 3.05) is 0 Å². The molecule has 3 N–H and O–H groups in total. The van der Waals surface area contributed by atoms with Gasteiger partial charge in [-0.25, -0.2) is 4.79 Å². The Morgan fingerprint density at radius 1 is 1.28 bits per heavy atom. The van der Waals surface area contributed by atoms with Gasteiger partial charge in [0.25, 0.3) is 5.91 Å². The highest BCUT2D eigenvalue weighted by Gasteiger charge is 2.22. The number of carboxylic acids is 1. The molecule has 0 saturated heterocycles. The zero-order valence-corrected chi connectivity index (χ0v) is 11.3. The van der Waals surface area contributed by atoms with Gasteiger partial charge in [-0.15, -0.1) is 0 Å². The maximum absolute atomic E-state index is 12.1. The van der Waals surface area contributed by atoms with Crippen LogP contribution in [0.2, 0.25) is 0 Å². The number of aromatic nitrogens is 1. The van der Waals surface area contributed by atoms with E-state index in [0.29, 0.717) is 16.8 Å². The van der Waals surface area contributed by atoms with E-state index in [1.807, 2.05) is 13.8 Å². The highest BCUT2D eigenvalue weighted by molar-refractivity contribution is 6.00. The summed E-state index contributed by atoms with van der Waals surface area (Å²) in [7, 11) is 0. The van der Waals surface area contributed by atoms with Crippen LogP contribution < -0.4 is 5.32 Å². The first-order valence-electron chi connectivity index (χ1n) is 6.15. The van der Waals surface area contributed by atoms with Crippen molar-refractivity contribution >= 4 is 11.9 Å². The Hall–Kier alpha value is -1.78. The average molecular weight is 252 g/mol. The second-order valence-corrected chi connectivity index (χ2v) is 4.42. The number of aromatic amines is 1. The predicted molar refractivity (Wildman–Crippen MR) is 69.1 cm³/mol. The Morgan fingerprint density at radius 2 is 1.83 bits per heavy atom. The Morgan fingerprint density at radius 3 is 2.22 bits per heavy atom. The summed E-state index contributed by atoms with van der Waals surface area (Å²) in [6.45, 7) is 7.37. The van der Waals surface area contributed by atoms with E-state index in [2.05, 4.69) is 10.3 Å². The van der Waals surface area contributed by atoms with E-state index < -0.39 is 5.97 Å². The van der Waals surface area contributed by atoms with E-state index in [1.165, 1.54) is 0 Å². The first-order chi connectivity index (χ1) is 8.42. The molecule has 0 atom stereocenters. The number of rotatable bonds is 5. The summed E-state index contributed by atoms with van der Waals surface area (Å²) in [5.41, 5.74) is 1.61. The summed E-state index contributed by atoms with van der Waals surface area (Å²) in [6.07, 6.45) is 1.72. The van der Waals surface area contributed by atoms with Gasteiger partial charge < -0.3 is 15.4 Å². The normalized spacial score (nSPS) is 10.7. The van der Waals surface area contributed by atoms with Gasteiger partial charge in [0.2, 0.25) is 0 Å². The van der Waals surface area contributed by atoms with Crippen molar-refractivity contribution in [2.45, 2.75) is 46.6 Å². The van der Waals surface area contributed by atoms with Crippen LogP contribution in [-0.4, -0.2) is 28.0 Å². The van der Waals surface area contributed by atoms with Crippen LogP contribution in [0.25, 0.3) is 0 Å². The molecule has 1 heterocycles. The average Bonchev–Trinajstić information content (AvgIpc) is 2.61. The lowest BCUT2D eigenvalue weighted by Crippen LogP contribution is -2.34. The Bertz CT molecular complexity index is 459. The lowest BCUT2D eigenvalue weighted by atomic mass is 10.1. The minimum absolute atomic E-state index is 0.0854. The molecule has 1 amide bonds. The third-order valence-corrected chi connectivity index (χ3v) is 3.20. The van der Waals surface area contributed by atoms with Gasteiger partial charge in [-0.3, -0.25) is 4.79 Å². The third-order valence-electron chi connectivity index (χ3n) is 3.20. The molecule has 0 bridgehead atoms. The summed E-state index contributed by atoms with van der Waals surface area (Å²) in [5.74, 6) is -1.25. The zero-order valence-electron chi connectivity index (χ0n) is 11.3. The second kappa shape index (κ2) is 5.71. The maximum atomic E-state index is 12.1. The summed E-state index contributed by atoms with van der Waals surface area (Å²) in [4.78, 5) is 25.9. The summed E-state index contributed by atoms with van der Waals surface area (Å²) in [5, 5.41) is 11.9. The van der Waals surface area contributed by atoms with Gasteiger partial charge in [0.1, 0.15) is 5.69 Å². The Labute approximate surface area is 107 Å². The molecule has 1 aromatic heterocycles. The Balaban J connectivity index is 3.03. The molecule has 100 valence electrons.